The summed E-state index contributed by atoms with van der Waals surface area (Å²) in [4.78, 5) is 2.44. The van der Waals surface area contributed by atoms with Gasteiger partial charge >= 0.3 is 0 Å². The molecule has 0 fully saturated rings. The Bertz CT molecular complexity index is 3370. The molecule has 0 bridgehead atoms. The highest BCUT2D eigenvalue weighted by Gasteiger charge is 2.21. The maximum Gasteiger partial charge on any atom is 0.0619 e. The highest BCUT2D eigenvalue weighted by molar-refractivity contribution is 7.26. The van der Waals surface area contributed by atoms with Gasteiger partial charge in [0.25, 0.3) is 0 Å². The van der Waals surface area contributed by atoms with E-state index in [4.69, 9.17) is 0 Å². The molecule has 12 rings (SSSR count). The second kappa shape index (κ2) is 10.7. The normalized spacial score (nSPS) is 12.2. The maximum atomic E-state index is 2.53. The van der Waals surface area contributed by atoms with E-state index < -0.39 is 0 Å². The van der Waals surface area contributed by atoms with Gasteiger partial charge in [0.1, 0.15) is 0 Å². The van der Waals surface area contributed by atoms with Crippen molar-refractivity contribution in [2.24, 2.45) is 0 Å². The first-order chi connectivity index (χ1) is 25.8. The first-order valence-corrected chi connectivity index (χ1v) is 19.3. The Balaban J connectivity index is 1.16. The number of hydrogen-bond donors (Lipinski definition) is 0. The quantitative estimate of drug-likeness (QED) is 0.178. The second-order valence-corrected chi connectivity index (χ2v) is 15.9. The van der Waals surface area contributed by atoms with Gasteiger partial charge in [0, 0.05) is 73.6 Å². The number of anilines is 3. The number of benzene rings is 8. The molecule has 0 saturated carbocycles. The maximum absolute atomic E-state index is 2.53. The number of fused-ring (bicyclic) bond motifs is 8. The minimum absolute atomic E-state index is 1.13. The van der Waals surface area contributed by atoms with E-state index in [1.54, 1.807) is 0 Å². The van der Waals surface area contributed by atoms with Crippen molar-refractivity contribution in [1.82, 2.24) is 4.40 Å². The van der Waals surface area contributed by atoms with Crippen LogP contribution >= 0.6 is 22.7 Å². The van der Waals surface area contributed by atoms with Crippen LogP contribution in [0.5, 0.6) is 0 Å². The lowest BCUT2D eigenvalue weighted by molar-refractivity contribution is 1.29. The Labute approximate surface area is 307 Å². The summed E-state index contributed by atoms with van der Waals surface area (Å²) in [5.41, 5.74) is 9.59. The highest BCUT2D eigenvalue weighted by Crippen LogP contribution is 2.47. The summed E-state index contributed by atoms with van der Waals surface area (Å²) in [6.07, 6.45) is 0. The van der Waals surface area contributed by atoms with Gasteiger partial charge in [0.15, 0.2) is 0 Å². The Hall–Kier alpha value is -6.20. The van der Waals surface area contributed by atoms with Crippen molar-refractivity contribution in [2.75, 3.05) is 4.90 Å². The molecule has 0 aliphatic rings. The van der Waals surface area contributed by atoms with E-state index >= 15 is 0 Å². The predicted molar refractivity (Wildman–Crippen MR) is 227 cm³/mol. The van der Waals surface area contributed by atoms with Crippen molar-refractivity contribution in [3.63, 3.8) is 0 Å². The summed E-state index contributed by atoms with van der Waals surface area (Å²) in [5, 5.41) is 10.5. The number of thiophene rings is 2. The van der Waals surface area contributed by atoms with Gasteiger partial charge in [-0.2, -0.15) is 0 Å². The summed E-state index contributed by atoms with van der Waals surface area (Å²) < 4.78 is 7.82. The molecule has 4 aromatic heterocycles. The first kappa shape index (κ1) is 28.5. The van der Waals surface area contributed by atoms with E-state index in [9.17, 15) is 0 Å². The second-order valence-electron chi connectivity index (χ2n) is 13.7. The molecule has 4 heterocycles. The van der Waals surface area contributed by atoms with E-state index in [2.05, 4.69) is 179 Å². The smallest absolute Gasteiger partial charge is 0.0619 e. The average molecular weight is 697 g/mol. The van der Waals surface area contributed by atoms with Crippen LogP contribution in [0.1, 0.15) is 0 Å². The number of para-hydroxylation sites is 1. The molecule has 2 nitrogen and oxygen atoms in total. The number of nitrogens with zero attached hydrogens (tertiary/aromatic N) is 2. The summed E-state index contributed by atoms with van der Waals surface area (Å²) in [7, 11) is 0. The van der Waals surface area contributed by atoms with Crippen LogP contribution < -0.4 is 4.90 Å². The van der Waals surface area contributed by atoms with Crippen molar-refractivity contribution >= 4 is 118 Å². The fourth-order valence-corrected chi connectivity index (χ4v) is 11.0. The zero-order valence-electron chi connectivity index (χ0n) is 27.9. The van der Waals surface area contributed by atoms with Crippen molar-refractivity contribution in [3.8, 4) is 11.1 Å². The average Bonchev–Trinajstić information content (AvgIpc) is 3.85. The minimum Gasteiger partial charge on any atom is -0.310 e. The molecule has 0 aliphatic heterocycles. The van der Waals surface area contributed by atoms with Crippen molar-refractivity contribution < 1.29 is 0 Å². The zero-order valence-corrected chi connectivity index (χ0v) is 29.5. The monoisotopic (exact) mass is 696 g/mol. The third-order valence-corrected chi connectivity index (χ3v) is 13.1. The largest absolute Gasteiger partial charge is 0.310 e. The highest BCUT2D eigenvalue weighted by atomic mass is 32.1. The molecule has 8 aromatic carbocycles. The van der Waals surface area contributed by atoms with E-state index in [-0.39, 0.29) is 0 Å². The summed E-state index contributed by atoms with van der Waals surface area (Å²) in [5.74, 6) is 0. The van der Waals surface area contributed by atoms with Gasteiger partial charge < -0.3 is 9.30 Å². The number of rotatable bonds is 4. The van der Waals surface area contributed by atoms with Crippen LogP contribution in [0.25, 0.3) is 89.6 Å². The zero-order chi connectivity index (χ0) is 33.9. The van der Waals surface area contributed by atoms with Gasteiger partial charge in [-0.05, 0) is 83.2 Å². The summed E-state index contributed by atoms with van der Waals surface area (Å²) >= 11 is 3.76. The van der Waals surface area contributed by atoms with Gasteiger partial charge in [0.2, 0.25) is 0 Å². The van der Waals surface area contributed by atoms with Crippen LogP contribution in [0.3, 0.4) is 0 Å². The number of hydrogen-bond acceptors (Lipinski definition) is 3. The molecule has 0 N–H and O–H groups in total. The molecule has 0 unspecified atom stereocenters. The lowest BCUT2D eigenvalue weighted by Gasteiger charge is -2.26. The van der Waals surface area contributed by atoms with Crippen LogP contribution in [0, 0.1) is 0 Å². The van der Waals surface area contributed by atoms with E-state index in [1.165, 1.54) is 89.6 Å². The van der Waals surface area contributed by atoms with Crippen LogP contribution in [-0.2, 0) is 0 Å². The fraction of sp³-hybridized carbons (Fsp3) is 0. The molecule has 242 valence electrons. The fourth-order valence-electron chi connectivity index (χ4n) is 8.68. The Morgan fingerprint density at radius 2 is 0.962 bits per heavy atom. The lowest BCUT2D eigenvalue weighted by atomic mass is 10.0. The Morgan fingerprint density at radius 3 is 1.88 bits per heavy atom. The molecule has 0 aliphatic carbocycles. The van der Waals surface area contributed by atoms with Crippen LogP contribution in [0.15, 0.2) is 170 Å². The molecule has 12 aromatic rings. The topological polar surface area (TPSA) is 7.65 Å². The van der Waals surface area contributed by atoms with Crippen LogP contribution in [-0.4, -0.2) is 4.40 Å². The van der Waals surface area contributed by atoms with Crippen molar-refractivity contribution in [3.05, 3.63) is 170 Å². The minimum atomic E-state index is 1.13. The Kier molecular flexibility index (Phi) is 5.84. The molecule has 0 spiro atoms. The molecule has 0 saturated heterocycles. The third-order valence-electron chi connectivity index (χ3n) is 10.9. The third kappa shape index (κ3) is 3.93. The van der Waals surface area contributed by atoms with Gasteiger partial charge in [-0.15, -0.1) is 22.7 Å². The van der Waals surface area contributed by atoms with Gasteiger partial charge in [0.05, 0.1) is 16.6 Å². The van der Waals surface area contributed by atoms with Crippen molar-refractivity contribution in [2.45, 2.75) is 0 Å². The molecular weight excluding hydrogens is 669 g/mol. The Morgan fingerprint density at radius 1 is 0.346 bits per heavy atom. The van der Waals surface area contributed by atoms with Crippen molar-refractivity contribution in [1.29, 1.82) is 0 Å². The van der Waals surface area contributed by atoms with E-state index in [0.29, 0.717) is 0 Å². The van der Waals surface area contributed by atoms with E-state index in [1.807, 2.05) is 22.7 Å². The molecule has 0 amide bonds. The van der Waals surface area contributed by atoms with Gasteiger partial charge in [-0.1, -0.05) is 103 Å². The van der Waals surface area contributed by atoms with Crippen LogP contribution in [0.4, 0.5) is 17.1 Å². The summed E-state index contributed by atoms with van der Waals surface area (Å²) in [6.45, 7) is 0. The molecular formula is C48H28N2S2. The standard InChI is InChI=1S/C48H28N2S2/c1-2-10-29(11-3-1)30-12-6-13-31(26-30)49(33-22-24-35-34-14-4-5-19-42(34)51-45(35)28-33)32-23-25-40-39(27-32)38-17-7-16-37-36-15-8-20-43-46(36)47-41(50(40)48(37)38)18-9-21-44(47)52-43/h1-28H. The lowest BCUT2D eigenvalue weighted by Crippen LogP contribution is -2.10. The van der Waals surface area contributed by atoms with Gasteiger partial charge in [-0.25, -0.2) is 0 Å². The summed E-state index contributed by atoms with van der Waals surface area (Å²) in [6, 6.07) is 62.9. The number of aromatic nitrogens is 1. The molecule has 4 heteroatoms. The molecule has 52 heavy (non-hydrogen) atoms. The molecule has 0 radical (unpaired) electrons. The first-order valence-electron chi connectivity index (χ1n) is 17.7. The van der Waals surface area contributed by atoms with Crippen LogP contribution in [0.2, 0.25) is 0 Å². The van der Waals surface area contributed by atoms with Gasteiger partial charge in [-0.3, -0.25) is 0 Å². The molecule has 0 atom stereocenters. The predicted octanol–water partition coefficient (Wildman–Crippen LogP) is 14.7. The SMILES string of the molecule is c1ccc(-c2cccc(N(c3ccc4c(c3)sc3ccccc34)c3ccc4c(c3)c3cccc5c6cccc7sc8cccc(c8c76)n4c53)c2)cc1. The van der Waals surface area contributed by atoms with E-state index in [0.717, 1.165) is 17.1 Å².